The summed E-state index contributed by atoms with van der Waals surface area (Å²) in [6, 6.07) is 4.55. The summed E-state index contributed by atoms with van der Waals surface area (Å²) in [5.74, 6) is -0.551. The van der Waals surface area contributed by atoms with E-state index in [1.165, 1.54) is 6.07 Å². The van der Waals surface area contributed by atoms with E-state index in [4.69, 9.17) is 4.74 Å². The first-order valence-corrected chi connectivity index (χ1v) is 5.38. The molecule has 0 aromatic heterocycles. The standard InChI is InChI=1S/C12H14FNO2/c1-2-16-12(15)11-6-9-8(7-14-11)4-3-5-10(9)13/h3-5,11,14H,2,6-7H2,1H3. The highest BCUT2D eigenvalue weighted by Crippen LogP contribution is 2.20. The topological polar surface area (TPSA) is 38.3 Å². The highest BCUT2D eigenvalue weighted by molar-refractivity contribution is 5.76. The smallest absolute Gasteiger partial charge is 0.323 e. The molecule has 0 amide bonds. The number of nitrogens with one attached hydrogen (secondary N) is 1. The van der Waals surface area contributed by atoms with Crippen LogP contribution in [0.5, 0.6) is 0 Å². The Morgan fingerprint density at radius 2 is 2.44 bits per heavy atom. The van der Waals surface area contributed by atoms with Crippen LogP contribution >= 0.6 is 0 Å². The summed E-state index contributed by atoms with van der Waals surface area (Å²) in [5.41, 5.74) is 1.54. The molecule has 1 N–H and O–H groups in total. The summed E-state index contributed by atoms with van der Waals surface area (Å²) in [6.45, 7) is 2.62. The van der Waals surface area contributed by atoms with Gasteiger partial charge in [0.25, 0.3) is 0 Å². The molecular weight excluding hydrogens is 209 g/mol. The van der Waals surface area contributed by atoms with Crippen molar-refractivity contribution in [1.29, 1.82) is 0 Å². The van der Waals surface area contributed by atoms with E-state index in [2.05, 4.69) is 5.32 Å². The van der Waals surface area contributed by atoms with Crippen molar-refractivity contribution in [2.24, 2.45) is 0 Å². The third kappa shape index (κ3) is 2.07. The number of halogens is 1. The molecular formula is C12H14FNO2. The molecule has 1 aliphatic heterocycles. The van der Waals surface area contributed by atoms with Crippen LogP contribution in [0.2, 0.25) is 0 Å². The van der Waals surface area contributed by atoms with Gasteiger partial charge in [0, 0.05) is 13.0 Å². The average molecular weight is 223 g/mol. The predicted molar refractivity (Wildman–Crippen MR) is 57.4 cm³/mol. The zero-order valence-electron chi connectivity index (χ0n) is 9.13. The summed E-state index contributed by atoms with van der Waals surface area (Å²) in [5, 5.41) is 3.05. The normalized spacial score (nSPS) is 19.0. The fraction of sp³-hybridized carbons (Fsp3) is 0.417. The number of ether oxygens (including phenoxy) is 1. The van der Waals surface area contributed by atoms with E-state index in [9.17, 15) is 9.18 Å². The fourth-order valence-electron chi connectivity index (χ4n) is 1.92. The number of fused-ring (bicyclic) bond motifs is 1. The molecule has 1 unspecified atom stereocenters. The lowest BCUT2D eigenvalue weighted by atomic mass is 9.95. The van der Waals surface area contributed by atoms with E-state index in [1.54, 1.807) is 13.0 Å². The zero-order valence-corrected chi connectivity index (χ0v) is 9.13. The van der Waals surface area contributed by atoms with Gasteiger partial charge in [-0.15, -0.1) is 0 Å². The minimum Gasteiger partial charge on any atom is -0.465 e. The van der Waals surface area contributed by atoms with Crippen molar-refractivity contribution in [2.45, 2.75) is 25.9 Å². The van der Waals surface area contributed by atoms with Crippen molar-refractivity contribution in [1.82, 2.24) is 5.32 Å². The highest BCUT2D eigenvalue weighted by atomic mass is 19.1. The van der Waals surface area contributed by atoms with E-state index in [1.807, 2.05) is 6.07 Å². The fourth-order valence-corrected chi connectivity index (χ4v) is 1.92. The van der Waals surface area contributed by atoms with Gasteiger partial charge in [-0.1, -0.05) is 12.1 Å². The first-order chi connectivity index (χ1) is 7.72. The Bertz CT molecular complexity index is 406. The van der Waals surface area contributed by atoms with Crippen LogP contribution in [0.3, 0.4) is 0 Å². The van der Waals surface area contributed by atoms with Gasteiger partial charge < -0.3 is 10.1 Å². The Morgan fingerprint density at radius 1 is 1.62 bits per heavy atom. The third-order valence-corrected chi connectivity index (χ3v) is 2.73. The van der Waals surface area contributed by atoms with Crippen molar-refractivity contribution in [3.05, 3.63) is 35.1 Å². The first-order valence-electron chi connectivity index (χ1n) is 5.38. The highest BCUT2D eigenvalue weighted by Gasteiger charge is 2.26. The van der Waals surface area contributed by atoms with Gasteiger partial charge >= 0.3 is 5.97 Å². The molecule has 0 fully saturated rings. The molecule has 4 heteroatoms. The first kappa shape index (κ1) is 11.1. The van der Waals surface area contributed by atoms with Crippen LogP contribution in [-0.2, 0) is 22.5 Å². The maximum Gasteiger partial charge on any atom is 0.323 e. The number of hydrogen-bond donors (Lipinski definition) is 1. The van der Waals surface area contributed by atoms with E-state index in [0.29, 0.717) is 25.1 Å². The molecule has 1 heterocycles. The van der Waals surface area contributed by atoms with Crippen LogP contribution in [-0.4, -0.2) is 18.6 Å². The largest absolute Gasteiger partial charge is 0.465 e. The zero-order chi connectivity index (χ0) is 11.5. The molecule has 2 rings (SSSR count). The van der Waals surface area contributed by atoms with E-state index in [0.717, 1.165) is 5.56 Å². The van der Waals surface area contributed by atoms with Crippen molar-refractivity contribution >= 4 is 5.97 Å². The Hall–Kier alpha value is -1.42. The number of esters is 1. The van der Waals surface area contributed by atoms with Crippen molar-refractivity contribution in [2.75, 3.05) is 6.61 Å². The van der Waals surface area contributed by atoms with Crippen molar-refractivity contribution in [3.63, 3.8) is 0 Å². The van der Waals surface area contributed by atoms with Crippen LogP contribution in [0, 0.1) is 5.82 Å². The maximum atomic E-state index is 13.5. The Morgan fingerprint density at radius 3 is 3.19 bits per heavy atom. The quantitative estimate of drug-likeness (QED) is 0.770. The molecule has 1 aromatic carbocycles. The monoisotopic (exact) mass is 223 g/mol. The molecule has 0 saturated carbocycles. The van der Waals surface area contributed by atoms with Gasteiger partial charge in [0.05, 0.1) is 6.61 Å². The number of rotatable bonds is 2. The summed E-state index contributed by atoms with van der Waals surface area (Å²) in [7, 11) is 0. The second-order valence-corrected chi connectivity index (χ2v) is 3.77. The SMILES string of the molecule is CCOC(=O)C1Cc2c(F)cccc2CN1. The lowest BCUT2D eigenvalue weighted by molar-refractivity contribution is -0.145. The van der Waals surface area contributed by atoms with E-state index in [-0.39, 0.29) is 11.8 Å². The third-order valence-electron chi connectivity index (χ3n) is 2.73. The van der Waals surface area contributed by atoms with Gasteiger partial charge in [-0.05, 0) is 24.1 Å². The summed E-state index contributed by atoms with van der Waals surface area (Å²) in [6.07, 6.45) is 0.362. The second kappa shape index (κ2) is 4.61. The Kier molecular flexibility index (Phi) is 3.19. The molecule has 16 heavy (non-hydrogen) atoms. The van der Waals surface area contributed by atoms with Crippen LogP contribution in [0.15, 0.2) is 18.2 Å². The van der Waals surface area contributed by atoms with Crippen LogP contribution in [0.1, 0.15) is 18.1 Å². The minimum atomic E-state index is -0.427. The summed E-state index contributed by atoms with van der Waals surface area (Å²) < 4.78 is 18.4. The molecule has 3 nitrogen and oxygen atoms in total. The lowest BCUT2D eigenvalue weighted by Gasteiger charge is -2.24. The van der Waals surface area contributed by atoms with Crippen LogP contribution < -0.4 is 5.32 Å². The Balaban J connectivity index is 2.17. The van der Waals surface area contributed by atoms with Gasteiger partial charge in [-0.2, -0.15) is 0 Å². The van der Waals surface area contributed by atoms with Crippen LogP contribution in [0.4, 0.5) is 4.39 Å². The lowest BCUT2D eigenvalue weighted by Crippen LogP contribution is -2.43. The molecule has 1 atom stereocenters. The molecule has 86 valence electrons. The number of carbonyl (C=O) groups excluding carboxylic acids is 1. The van der Waals surface area contributed by atoms with Gasteiger partial charge in [0.2, 0.25) is 0 Å². The van der Waals surface area contributed by atoms with Gasteiger partial charge in [-0.3, -0.25) is 4.79 Å². The second-order valence-electron chi connectivity index (χ2n) is 3.77. The Labute approximate surface area is 93.6 Å². The molecule has 1 aliphatic rings. The summed E-state index contributed by atoms with van der Waals surface area (Å²) >= 11 is 0. The van der Waals surface area contributed by atoms with Gasteiger partial charge in [0.15, 0.2) is 0 Å². The van der Waals surface area contributed by atoms with Gasteiger partial charge in [0.1, 0.15) is 11.9 Å². The number of hydrogen-bond acceptors (Lipinski definition) is 3. The van der Waals surface area contributed by atoms with Crippen molar-refractivity contribution in [3.8, 4) is 0 Å². The summed E-state index contributed by atoms with van der Waals surface area (Å²) in [4.78, 5) is 11.5. The van der Waals surface area contributed by atoms with E-state index < -0.39 is 6.04 Å². The molecule has 0 radical (unpaired) electrons. The minimum absolute atomic E-state index is 0.242. The predicted octanol–water partition coefficient (Wildman–Crippen LogP) is 1.40. The molecule has 0 spiro atoms. The molecule has 0 saturated heterocycles. The molecule has 0 bridgehead atoms. The van der Waals surface area contributed by atoms with Crippen LogP contribution in [0.25, 0.3) is 0 Å². The number of carbonyl (C=O) groups is 1. The maximum absolute atomic E-state index is 13.5. The average Bonchev–Trinajstić information content (AvgIpc) is 2.29. The van der Waals surface area contributed by atoms with Crippen molar-refractivity contribution < 1.29 is 13.9 Å². The number of benzene rings is 1. The van der Waals surface area contributed by atoms with Gasteiger partial charge in [-0.25, -0.2) is 4.39 Å². The molecule has 0 aliphatic carbocycles. The molecule has 1 aromatic rings. The van der Waals surface area contributed by atoms with E-state index >= 15 is 0 Å².